The Labute approximate surface area is 120 Å². The fraction of sp³-hybridized carbons (Fsp3) is 0.643. The minimum atomic E-state index is 0.117. The van der Waals surface area contributed by atoms with Crippen LogP contribution in [0.3, 0.4) is 0 Å². The molecule has 2 heterocycles. The molecule has 1 aromatic rings. The van der Waals surface area contributed by atoms with Crippen molar-refractivity contribution in [3.8, 4) is 0 Å². The molecular weight excluding hydrogens is 256 g/mol. The summed E-state index contributed by atoms with van der Waals surface area (Å²) in [5.74, 6) is 2.40. The van der Waals surface area contributed by atoms with Crippen LogP contribution in [0, 0.1) is 6.92 Å². The summed E-state index contributed by atoms with van der Waals surface area (Å²) in [6.07, 6.45) is 0. The molecule has 20 heavy (non-hydrogen) atoms. The Morgan fingerprint density at radius 3 is 2.65 bits per heavy atom. The van der Waals surface area contributed by atoms with Crippen LogP contribution in [-0.4, -0.2) is 62.7 Å². The maximum Gasteiger partial charge on any atom is 0.190 e. The van der Waals surface area contributed by atoms with Gasteiger partial charge in [0.15, 0.2) is 5.96 Å². The van der Waals surface area contributed by atoms with Gasteiger partial charge in [-0.05, 0) is 19.1 Å². The van der Waals surface area contributed by atoms with Crippen LogP contribution in [-0.2, 0) is 4.74 Å². The van der Waals surface area contributed by atoms with Gasteiger partial charge in [0.25, 0.3) is 0 Å². The van der Waals surface area contributed by atoms with Gasteiger partial charge in [0, 0.05) is 27.2 Å². The van der Waals surface area contributed by atoms with Crippen LogP contribution in [0.4, 0.5) is 0 Å². The lowest BCUT2D eigenvalue weighted by atomic mass is 10.1. The molecule has 1 aromatic heterocycles. The first kappa shape index (κ1) is 14.9. The molecule has 0 spiro atoms. The number of rotatable bonds is 4. The summed E-state index contributed by atoms with van der Waals surface area (Å²) >= 11 is 0. The van der Waals surface area contributed by atoms with Crippen molar-refractivity contribution in [2.24, 2.45) is 10.7 Å². The highest BCUT2D eigenvalue weighted by molar-refractivity contribution is 5.77. The molecule has 1 unspecified atom stereocenters. The third-order valence-corrected chi connectivity index (χ3v) is 3.46. The van der Waals surface area contributed by atoms with E-state index < -0.39 is 0 Å². The third kappa shape index (κ3) is 3.74. The molecule has 6 nitrogen and oxygen atoms in total. The fourth-order valence-electron chi connectivity index (χ4n) is 2.23. The second kappa shape index (κ2) is 6.76. The lowest BCUT2D eigenvalue weighted by molar-refractivity contribution is 0.0135. The number of ether oxygens (including phenoxy) is 1. The molecule has 1 aliphatic rings. The Hall–Kier alpha value is -1.53. The normalized spacial score (nSPS) is 19.1. The molecule has 0 aromatic carbocycles. The molecule has 1 fully saturated rings. The molecule has 112 valence electrons. The standard InChI is InChI=1S/C14H24N4O2/c1-11-4-5-13(20-11)12(10-16-14(15)17(2)3)18-6-8-19-9-7-18/h4-5,12H,6-10H2,1-3H3,(H2,15,16). The largest absolute Gasteiger partial charge is 0.465 e. The molecule has 0 radical (unpaired) electrons. The average molecular weight is 280 g/mol. The number of hydrogen-bond acceptors (Lipinski definition) is 4. The van der Waals surface area contributed by atoms with Crippen molar-refractivity contribution in [3.05, 3.63) is 23.7 Å². The van der Waals surface area contributed by atoms with Gasteiger partial charge < -0.3 is 19.8 Å². The second-order valence-electron chi connectivity index (χ2n) is 5.21. The number of aliphatic imine (C=N–C) groups is 1. The molecule has 6 heteroatoms. The Bertz CT molecular complexity index is 450. The Kier molecular flexibility index (Phi) is 5.03. The summed E-state index contributed by atoms with van der Waals surface area (Å²) in [6.45, 7) is 5.84. The fourth-order valence-corrected chi connectivity index (χ4v) is 2.23. The zero-order chi connectivity index (χ0) is 14.5. The van der Waals surface area contributed by atoms with E-state index in [0.29, 0.717) is 12.5 Å². The van der Waals surface area contributed by atoms with Gasteiger partial charge in [0.2, 0.25) is 0 Å². The zero-order valence-electron chi connectivity index (χ0n) is 12.5. The van der Waals surface area contributed by atoms with E-state index in [0.717, 1.165) is 37.8 Å². The van der Waals surface area contributed by atoms with E-state index in [2.05, 4.69) is 9.89 Å². The van der Waals surface area contributed by atoms with Crippen molar-refractivity contribution < 1.29 is 9.15 Å². The molecule has 1 saturated heterocycles. The molecule has 1 aliphatic heterocycles. The van der Waals surface area contributed by atoms with Crippen molar-refractivity contribution in [2.75, 3.05) is 46.9 Å². The summed E-state index contributed by atoms with van der Waals surface area (Å²) in [7, 11) is 3.78. The second-order valence-corrected chi connectivity index (χ2v) is 5.21. The molecular formula is C14H24N4O2. The van der Waals surface area contributed by atoms with Crippen LogP contribution in [0.2, 0.25) is 0 Å². The number of hydrogen-bond donors (Lipinski definition) is 1. The Balaban J connectivity index is 2.13. The topological polar surface area (TPSA) is 67.2 Å². The zero-order valence-corrected chi connectivity index (χ0v) is 12.5. The molecule has 0 aliphatic carbocycles. The van der Waals surface area contributed by atoms with E-state index in [9.17, 15) is 0 Å². The number of furan rings is 1. The molecule has 2 rings (SSSR count). The number of morpholine rings is 1. The van der Waals surface area contributed by atoms with E-state index in [-0.39, 0.29) is 6.04 Å². The molecule has 0 amide bonds. The number of nitrogens with zero attached hydrogens (tertiary/aromatic N) is 3. The van der Waals surface area contributed by atoms with Gasteiger partial charge >= 0.3 is 0 Å². The molecule has 0 saturated carbocycles. The third-order valence-electron chi connectivity index (χ3n) is 3.46. The van der Waals surface area contributed by atoms with Gasteiger partial charge in [-0.2, -0.15) is 0 Å². The Morgan fingerprint density at radius 2 is 2.10 bits per heavy atom. The Morgan fingerprint density at radius 1 is 1.40 bits per heavy atom. The summed E-state index contributed by atoms with van der Waals surface area (Å²) in [5, 5.41) is 0. The van der Waals surface area contributed by atoms with Crippen LogP contribution in [0.5, 0.6) is 0 Å². The van der Waals surface area contributed by atoms with Crippen LogP contribution < -0.4 is 5.73 Å². The van der Waals surface area contributed by atoms with E-state index in [1.165, 1.54) is 0 Å². The number of guanidine groups is 1. The van der Waals surface area contributed by atoms with Crippen molar-refractivity contribution in [1.82, 2.24) is 9.80 Å². The lowest BCUT2D eigenvalue weighted by Gasteiger charge is -2.32. The van der Waals surface area contributed by atoms with Crippen LogP contribution in [0.25, 0.3) is 0 Å². The SMILES string of the molecule is Cc1ccc(C(CN=C(N)N(C)C)N2CCOCC2)o1. The minimum Gasteiger partial charge on any atom is -0.465 e. The van der Waals surface area contributed by atoms with E-state index >= 15 is 0 Å². The number of aryl methyl sites for hydroxylation is 1. The molecule has 0 bridgehead atoms. The van der Waals surface area contributed by atoms with Crippen LogP contribution in [0.1, 0.15) is 17.6 Å². The maximum atomic E-state index is 5.88. The minimum absolute atomic E-state index is 0.117. The highest BCUT2D eigenvalue weighted by atomic mass is 16.5. The summed E-state index contributed by atoms with van der Waals surface area (Å²) in [6, 6.07) is 4.13. The summed E-state index contributed by atoms with van der Waals surface area (Å²) in [4.78, 5) is 8.61. The number of nitrogens with two attached hydrogens (primary N) is 1. The van der Waals surface area contributed by atoms with Gasteiger partial charge in [-0.3, -0.25) is 9.89 Å². The predicted octanol–water partition coefficient (Wildman–Crippen LogP) is 0.838. The van der Waals surface area contributed by atoms with Gasteiger partial charge in [-0.1, -0.05) is 0 Å². The van der Waals surface area contributed by atoms with Gasteiger partial charge in [-0.25, -0.2) is 0 Å². The van der Waals surface area contributed by atoms with Crippen LogP contribution >= 0.6 is 0 Å². The first-order valence-electron chi connectivity index (χ1n) is 6.93. The van der Waals surface area contributed by atoms with Crippen molar-refractivity contribution in [3.63, 3.8) is 0 Å². The van der Waals surface area contributed by atoms with E-state index in [4.69, 9.17) is 14.9 Å². The van der Waals surface area contributed by atoms with Gasteiger partial charge in [-0.15, -0.1) is 0 Å². The van der Waals surface area contributed by atoms with Crippen molar-refractivity contribution in [2.45, 2.75) is 13.0 Å². The molecule has 2 N–H and O–H groups in total. The average Bonchev–Trinajstić information content (AvgIpc) is 2.86. The first-order chi connectivity index (χ1) is 9.58. The highest BCUT2D eigenvalue weighted by Gasteiger charge is 2.25. The quantitative estimate of drug-likeness (QED) is 0.654. The highest BCUT2D eigenvalue weighted by Crippen LogP contribution is 2.24. The predicted molar refractivity (Wildman–Crippen MR) is 78.8 cm³/mol. The monoisotopic (exact) mass is 280 g/mol. The first-order valence-corrected chi connectivity index (χ1v) is 6.93. The van der Waals surface area contributed by atoms with Crippen molar-refractivity contribution in [1.29, 1.82) is 0 Å². The smallest absolute Gasteiger partial charge is 0.190 e. The lowest BCUT2D eigenvalue weighted by Crippen LogP contribution is -2.40. The van der Waals surface area contributed by atoms with Crippen LogP contribution in [0.15, 0.2) is 21.5 Å². The van der Waals surface area contributed by atoms with Gasteiger partial charge in [0.1, 0.15) is 11.5 Å². The summed E-state index contributed by atoms with van der Waals surface area (Å²) < 4.78 is 11.2. The van der Waals surface area contributed by atoms with Crippen molar-refractivity contribution >= 4 is 5.96 Å². The summed E-state index contributed by atoms with van der Waals surface area (Å²) in [5.41, 5.74) is 5.88. The van der Waals surface area contributed by atoms with Gasteiger partial charge in [0.05, 0.1) is 25.8 Å². The van der Waals surface area contributed by atoms with E-state index in [1.807, 2.05) is 38.1 Å². The van der Waals surface area contributed by atoms with E-state index in [1.54, 1.807) is 0 Å². The maximum absolute atomic E-state index is 5.88. The molecule has 1 atom stereocenters.